The highest BCUT2D eigenvalue weighted by Gasteiger charge is 2.17. The lowest BCUT2D eigenvalue weighted by Gasteiger charge is -2.16. The predicted octanol–water partition coefficient (Wildman–Crippen LogP) is 4.00. The second kappa shape index (κ2) is 7.26. The quantitative estimate of drug-likeness (QED) is 0.868. The number of ether oxygens (including phenoxy) is 2. The van der Waals surface area contributed by atoms with Gasteiger partial charge in [-0.2, -0.15) is 0 Å². The van der Waals surface area contributed by atoms with Crippen LogP contribution in [0.1, 0.15) is 6.92 Å². The topological polar surface area (TPSA) is 47.6 Å². The van der Waals surface area contributed by atoms with Crippen molar-refractivity contribution in [3.63, 3.8) is 0 Å². The van der Waals surface area contributed by atoms with Gasteiger partial charge in [-0.1, -0.05) is 15.9 Å². The molecule has 0 aromatic heterocycles. The molecule has 116 valence electrons. The normalized spacial score (nSPS) is 11.6. The summed E-state index contributed by atoms with van der Waals surface area (Å²) in [5.41, 5.74) is 0.389. The predicted molar refractivity (Wildman–Crippen MR) is 85.8 cm³/mol. The molecule has 0 spiro atoms. The van der Waals surface area contributed by atoms with Crippen LogP contribution in [0.25, 0.3) is 0 Å². The van der Waals surface area contributed by atoms with Crippen LogP contribution in [0, 0.1) is 5.82 Å². The van der Waals surface area contributed by atoms with E-state index in [1.54, 1.807) is 19.1 Å². The largest absolute Gasteiger partial charge is 0.494 e. The van der Waals surface area contributed by atoms with E-state index in [1.165, 1.54) is 25.3 Å². The first-order chi connectivity index (χ1) is 10.5. The average molecular weight is 368 g/mol. The first-order valence-electron chi connectivity index (χ1n) is 6.56. The molecule has 0 aliphatic carbocycles. The number of carbonyl (C=O) groups is 1. The number of anilines is 1. The smallest absolute Gasteiger partial charge is 0.265 e. The van der Waals surface area contributed by atoms with Crippen LogP contribution in [0.15, 0.2) is 46.9 Å². The Morgan fingerprint density at radius 2 is 1.91 bits per heavy atom. The Morgan fingerprint density at radius 3 is 2.55 bits per heavy atom. The van der Waals surface area contributed by atoms with Crippen molar-refractivity contribution in [2.45, 2.75) is 13.0 Å². The Labute approximate surface area is 136 Å². The van der Waals surface area contributed by atoms with E-state index in [1.807, 2.05) is 12.1 Å². The first-order valence-corrected chi connectivity index (χ1v) is 7.35. The van der Waals surface area contributed by atoms with Gasteiger partial charge in [-0.25, -0.2) is 4.39 Å². The van der Waals surface area contributed by atoms with Crippen molar-refractivity contribution in [3.8, 4) is 11.5 Å². The monoisotopic (exact) mass is 367 g/mol. The average Bonchev–Trinajstić information content (AvgIpc) is 2.51. The maximum absolute atomic E-state index is 13.1. The minimum atomic E-state index is -0.712. The number of nitrogens with one attached hydrogen (secondary N) is 1. The van der Waals surface area contributed by atoms with Crippen molar-refractivity contribution in [3.05, 3.63) is 52.8 Å². The van der Waals surface area contributed by atoms with E-state index < -0.39 is 11.9 Å². The molecule has 1 N–H and O–H groups in total. The van der Waals surface area contributed by atoms with Crippen LogP contribution in [0.5, 0.6) is 11.5 Å². The summed E-state index contributed by atoms with van der Waals surface area (Å²) in [4.78, 5) is 12.1. The lowest BCUT2D eigenvalue weighted by molar-refractivity contribution is -0.122. The van der Waals surface area contributed by atoms with Crippen molar-refractivity contribution < 1.29 is 18.7 Å². The number of hydrogen-bond acceptors (Lipinski definition) is 3. The van der Waals surface area contributed by atoms with Gasteiger partial charge in [-0.3, -0.25) is 4.79 Å². The Kier molecular flexibility index (Phi) is 5.38. The van der Waals surface area contributed by atoms with Gasteiger partial charge in [0.2, 0.25) is 0 Å². The molecule has 2 aromatic rings. The fourth-order valence-corrected chi connectivity index (χ4v) is 2.04. The maximum atomic E-state index is 13.1. The fourth-order valence-electron chi connectivity index (χ4n) is 1.77. The second-order valence-electron chi connectivity index (χ2n) is 4.55. The van der Waals surface area contributed by atoms with Crippen molar-refractivity contribution in [2.24, 2.45) is 0 Å². The molecular weight excluding hydrogens is 353 g/mol. The summed E-state index contributed by atoms with van der Waals surface area (Å²) in [5.74, 6) is 0.0444. The van der Waals surface area contributed by atoms with Gasteiger partial charge in [0.15, 0.2) is 6.10 Å². The van der Waals surface area contributed by atoms with Gasteiger partial charge in [-0.05, 0) is 43.3 Å². The van der Waals surface area contributed by atoms with Crippen LogP contribution < -0.4 is 14.8 Å². The van der Waals surface area contributed by atoms with Crippen molar-refractivity contribution in [1.82, 2.24) is 0 Å². The zero-order chi connectivity index (χ0) is 16.1. The second-order valence-corrected chi connectivity index (χ2v) is 5.46. The molecular formula is C16H15BrFNO3. The highest BCUT2D eigenvalue weighted by atomic mass is 79.9. The van der Waals surface area contributed by atoms with Gasteiger partial charge in [0.1, 0.15) is 17.3 Å². The number of carbonyl (C=O) groups excluding carboxylic acids is 1. The summed E-state index contributed by atoms with van der Waals surface area (Å²) in [6, 6.07) is 11.1. The van der Waals surface area contributed by atoms with Crippen molar-refractivity contribution >= 4 is 27.5 Å². The lowest BCUT2D eigenvalue weighted by atomic mass is 10.2. The minimum Gasteiger partial charge on any atom is -0.494 e. The van der Waals surface area contributed by atoms with Crippen LogP contribution in [-0.4, -0.2) is 19.1 Å². The summed E-state index contributed by atoms with van der Waals surface area (Å²) in [5, 5.41) is 2.66. The van der Waals surface area contributed by atoms with Crippen LogP contribution in [0.4, 0.5) is 10.1 Å². The first kappa shape index (κ1) is 16.3. The van der Waals surface area contributed by atoms with E-state index in [4.69, 9.17) is 9.47 Å². The van der Waals surface area contributed by atoms with E-state index in [0.717, 1.165) is 4.47 Å². The van der Waals surface area contributed by atoms with E-state index in [-0.39, 0.29) is 11.7 Å². The molecule has 0 saturated heterocycles. The van der Waals surface area contributed by atoms with Gasteiger partial charge in [-0.15, -0.1) is 0 Å². The molecule has 0 aliphatic rings. The zero-order valence-electron chi connectivity index (χ0n) is 12.1. The molecule has 1 atom stereocenters. The number of hydrogen-bond donors (Lipinski definition) is 1. The van der Waals surface area contributed by atoms with Gasteiger partial charge in [0, 0.05) is 10.5 Å². The highest BCUT2D eigenvalue weighted by Crippen LogP contribution is 2.25. The molecule has 0 heterocycles. The molecule has 0 radical (unpaired) electrons. The SMILES string of the molecule is COc1cc(F)ccc1NC(=O)C(C)Oc1ccc(Br)cc1. The Balaban J connectivity index is 2.03. The van der Waals surface area contributed by atoms with Crippen LogP contribution in [0.2, 0.25) is 0 Å². The molecule has 0 fully saturated rings. The summed E-state index contributed by atoms with van der Waals surface area (Å²) in [6.07, 6.45) is -0.712. The third kappa shape index (κ3) is 4.21. The molecule has 22 heavy (non-hydrogen) atoms. The number of halogens is 2. The standard InChI is InChI=1S/C16H15BrFNO3/c1-10(22-13-6-3-11(17)4-7-13)16(20)19-14-8-5-12(18)9-15(14)21-2/h3-10H,1-2H3,(H,19,20). The highest BCUT2D eigenvalue weighted by molar-refractivity contribution is 9.10. The number of amides is 1. The number of benzene rings is 2. The molecule has 1 amide bonds. The number of methoxy groups -OCH3 is 1. The van der Waals surface area contributed by atoms with Crippen LogP contribution >= 0.6 is 15.9 Å². The van der Waals surface area contributed by atoms with E-state index in [9.17, 15) is 9.18 Å². The molecule has 2 rings (SSSR count). The minimum absolute atomic E-state index is 0.254. The van der Waals surface area contributed by atoms with E-state index >= 15 is 0 Å². The van der Waals surface area contributed by atoms with Crippen LogP contribution in [0.3, 0.4) is 0 Å². The molecule has 6 heteroatoms. The van der Waals surface area contributed by atoms with Crippen molar-refractivity contribution in [1.29, 1.82) is 0 Å². The van der Waals surface area contributed by atoms with E-state index in [2.05, 4.69) is 21.2 Å². The Morgan fingerprint density at radius 1 is 1.23 bits per heavy atom. The molecule has 0 aliphatic heterocycles. The Hall–Kier alpha value is -2.08. The summed E-state index contributed by atoms with van der Waals surface area (Å²) in [7, 11) is 1.41. The zero-order valence-corrected chi connectivity index (χ0v) is 13.7. The van der Waals surface area contributed by atoms with Gasteiger partial charge < -0.3 is 14.8 Å². The third-order valence-corrected chi connectivity index (χ3v) is 3.45. The summed E-state index contributed by atoms with van der Waals surface area (Å²) in [6.45, 7) is 1.63. The third-order valence-electron chi connectivity index (χ3n) is 2.92. The van der Waals surface area contributed by atoms with Gasteiger partial charge in [0.25, 0.3) is 5.91 Å². The molecule has 0 bridgehead atoms. The molecule has 2 aromatic carbocycles. The van der Waals surface area contributed by atoms with E-state index in [0.29, 0.717) is 11.4 Å². The van der Waals surface area contributed by atoms with Gasteiger partial charge in [0.05, 0.1) is 12.8 Å². The molecule has 0 saturated carbocycles. The van der Waals surface area contributed by atoms with Crippen LogP contribution in [-0.2, 0) is 4.79 Å². The molecule has 1 unspecified atom stereocenters. The number of rotatable bonds is 5. The Bertz CT molecular complexity index is 661. The van der Waals surface area contributed by atoms with Gasteiger partial charge >= 0.3 is 0 Å². The van der Waals surface area contributed by atoms with Crippen molar-refractivity contribution in [2.75, 3.05) is 12.4 Å². The fraction of sp³-hybridized carbons (Fsp3) is 0.188. The molecule has 4 nitrogen and oxygen atoms in total. The maximum Gasteiger partial charge on any atom is 0.265 e. The summed E-state index contributed by atoms with van der Waals surface area (Å²) < 4.78 is 24.6. The lowest BCUT2D eigenvalue weighted by Crippen LogP contribution is -2.30. The summed E-state index contributed by atoms with van der Waals surface area (Å²) >= 11 is 3.33.